The minimum atomic E-state index is -1.12. The number of piperidine rings is 1. The molecule has 31 heavy (non-hydrogen) atoms. The first-order valence-corrected chi connectivity index (χ1v) is 10.6. The Labute approximate surface area is 180 Å². The molecule has 1 aromatic carbocycles. The van der Waals surface area contributed by atoms with E-state index in [0.29, 0.717) is 24.1 Å². The predicted octanol–water partition coefficient (Wildman–Crippen LogP) is 4.76. The Balaban J connectivity index is 1.70. The van der Waals surface area contributed by atoms with Crippen LogP contribution in [0, 0.1) is 24.6 Å². The van der Waals surface area contributed by atoms with Crippen LogP contribution in [0.2, 0.25) is 0 Å². The van der Waals surface area contributed by atoms with Crippen molar-refractivity contribution < 1.29 is 18.3 Å². The molecule has 4 nitrogen and oxygen atoms in total. The summed E-state index contributed by atoms with van der Waals surface area (Å²) in [5.74, 6) is -0.782. The van der Waals surface area contributed by atoms with Crippen molar-refractivity contribution in [2.24, 2.45) is 11.8 Å². The number of nitrogens with one attached hydrogen (secondary N) is 1. The van der Waals surface area contributed by atoms with Crippen LogP contribution in [0.5, 0.6) is 0 Å². The van der Waals surface area contributed by atoms with E-state index < -0.39 is 25.0 Å². The molecule has 0 saturated carbocycles. The molecule has 2 N–H and O–H groups in total. The van der Waals surface area contributed by atoms with Crippen LogP contribution in [-0.2, 0) is 5.60 Å². The molecule has 166 valence electrons. The van der Waals surface area contributed by atoms with Gasteiger partial charge in [-0.3, -0.25) is 4.90 Å². The van der Waals surface area contributed by atoms with Gasteiger partial charge in [0.05, 0.1) is 17.0 Å². The number of aromatic amines is 1. The molecule has 0 bridgehead atoms. The molecule has 1 unspecified atom stereocenters. The summed E-state index contributed by atoms with van der Waals surface area (Å²) in [5.41, 5.74) is 2.62. The summed E-state index contributed by atoms with van der Waals surface area (Å²) in [7, 11) is 0. The number of aryl methyl sites for hydroxylation is 1. The fourth-order valence-corrected chi connectivity index (χ4v) is 5.15. The number of benzene rings is 1. The van der Waals surface area contributed by atoms with Crippen molar-refractivity contribution >= 4 is 11.0 Å². The largest absolute Gasteiger partial charge is 0.384 e. The van der Waals surface area contributed by atoms with Gasteiger partial charge in [-0.1, -0.05) is 32.0 Å². The molecule has 3 aromatic rings. The maximum Gasteiger partial charge on any atom is 0.150 e. The molecule has 0 aliphatic carbocycles. The van der Waals surface area contributed by atoms with Crippen molar-refractivity contribution in [3.63, 3.8) is 0 Å². The topological polar surface area (TPSA) is 52.1 Å². The van der Waals surface area contributed by atoms with Crippen LogP contribution in [0.1, 0.15) is 25.0 Å². The van der Waals surface area contributed by atoms with Gasteiger partial charge in [-0.05, 0) is 35.2 Å². The van der Waals surface area contributed by atoms with Crippen molar-refractivity contribution in [3.05, 3.63) is 53.6 Å². The van der Waals surface area contributed by atoms with Crippen molar-refractivity contribution in [1.82, 2.24) is 14.9 Å². The van der Waals surface area contributed by atoms with E-state index >= 15 is 0 Å². The number of fused-ring (bicyclic) bond motifs is 1. The summed E-state index contributed by atoms with van der Waals surface area (Å²) in [6.45, 7) is 5.13. The van der Waals surface area contributed by atoms with Gasteiger partial charge in [-0.15, -0.1) is 0 Å². The highest BCUT2D eigenvalue weighted by molar-refractivity contribution is 5.93. The lowest BCUT2D eigenvalue weighted by Crippen LogP contribution is -2.57. The van der Waals surface area contributed by atoms with Gasteiger partial charge in [-0.2, -0.15) is 0 Å². The molecule has 0 spiro atoms. The van der Waals surface area contributed by atoms with Gasteiger partial charge in [0, 0.05) is 37.3 Å². The first-order valence-electron chi connectivity index (χ1n) is 10.6. The molecule has 3 heterocycles. The lowest BCUT2D eigenvalue weighted by molar-refractivity contribution is -0.123. The van der Waals surface area contributed by atoms with E-state index in [1.165, 1.54) is 6.20 Å². The lowest BCUT2D eigenvalue weighted by Gasteiger charge is -2.50. The molecule has 3 atom stereocenters. The number of hydrogen-bond donors (Lipinski definition) is 2. The average Bonchev–Trinajstić information content (AvgIpc) is 3.14. The fraction of sp³-hybridized carbons (Fsp3) is 0.458. The normalized spacial score (nSPS) is 24.9. The van der Waals surface area contributed by atoms with E-state index in [2.05, 4.69) is 9.97 Å². The standard InChI is InChI=1S/C24H28F3N3O/c1-14-8-17(19-6-7-28-23-22(19)21(27)11-29-23)4-5-20(14)24(31)15(2)12-30(13-16(24)3)18(9-25)10-26/h4-8,11,15-16,18,31H,9-10,12-13H2,1-3H3,(H,28,29)/t15-,16+,24?. The number of H-pyrrole nitrogens is 1. The van der Waals surface area contributed by atoms with E-state index in [-0.39, 0.29) is 17.7 Å². The van der Waals surface area contributed by atoms with Crippen LogP contribution in [-0.4, -0.2) is 52.5 Å². The van der Waals surface area contributed by atoms with Crippen LogP contribution in [0.15, 0.2) is 36.7 Å². The average molecular weight is 432 g/mol. The molecule has 1 aliphatic rings. The molecule has 2 aromatic heterocycles. The van der Waals surface area contributed by atoms with E-state index in [1.54, 1.807) is 17.2 Å². The Hall–Kier alpha value is -2.38. The van der Waals surface area contributed by atoms with Gasteiger partial charge in [0.25, 0.3) is 0 Å². The number of alkyl halides is 2. The third-order valence-electron chi connectivity index (χ3n) is 6.89. The van der Waals surface area contributed by atoms with Gasteiger partial charge in [0.2, 0.25) is 0 Å². The summed E-state index contributed by atoms with van der Waals surface area (Å²) >= 11 is 0. The highest BCUT2D eigenvalue weighted by Crippen LogP contribution is 2.44. The summed E-state index contributed by atoms with van der Waals surface area (Å²) < 4.78 is 40.8. The van der Waals surface area contributed by atoms with Crippen molar-refractivity contribution in [2.45, 2.75) is 32.4 Å². The van der Waals surface area contributed by atoms with Crippen molar-refractivity contribution in [3.8, 4) is 11.1 Å². The number of halogens is 3. The molecule has 4 rings (SSSR count). The first kappa shape index (κ1) is 21.8. The summed E-state index contributed by atoms with van der Waals surface area (Å²) in [6.07, 6.45) is 2.93. The number of nitrogens with zero attached hydrogens (tertiary/aromatic N) is 2. The second-order valence-electron chi connectivity index (χ2n) is 8.79. The third kappa shape index (κ3) is 3.53. The van der Waals surface area contributed by atoms with Gasteiger partial charge in [0.1, 0.15) is 19.0 Å². The number of aliphatic hydroxyl groups is 1. The number of rotatable bonds is 5. The zero-order valence-corrected chi connectivity index (χ0v) is 18.0. The smallest absolute Gasteiger partial charge is 0.150 e. The summed E-state index contributed by atoms with van der Waals surface area (Å²) in [6, 6.07) is 6.75. The van der Waals surface area contributed by atoms with E-state index in [9.17, 15) is 18.3 Å². The minimum absolute atomic E-state index is 0.212. The molecular formula is C24H28F3N3O. The summed E-state index contributed by atoms with van der Waals surface area (Å²) in [4.78, 5) is 8.81. The number of pyridine rings is 1. The quantitative estimate of drug-likeness (QED) is 0.612. The Kier molecular flexibility index (Phi) is 5.83. The van der Waals surface area contributed by atoms with Gasteiger partial charge < -0.3 is 10.1 Å². The SMILES string of the molecule is Cc1cc(-c2ccnc3[nH]cc(F)c23)ccc1C1(O)[C@H](C)CN(C(CF)CF)C[C@@H]1C. The number of likely N-dealkylation sites (tertiary alicyclic amines) is 1. The number of aromatic nitrogens is 2. The van der Waals surface area contributed by atoms with Crippen molar-refractivity contribution in [2.75, 3.05) is 26.4 Å². The van der Waals surface area contributed by atoms with Crippen molar-refractivity contribution in [1.29, 1.82) is 0 Å². The highest BCUT2D eigenvalue weighted by atomic mass is 19.1. The zero-order valence-electron chi connectivity index (χ0n) is 18.0. The minimum Gasteiger partial charge on any atom is -0.384 e. The molecule has 1 fully saturated rings. The highest BCUT2D eigenvalue weighted by Gasteiger charge is 2.47. The van der Waals surface area contributed by atoms with Crippen LogP contribution in [0.4, 0.5) is 13.2 Å². The van der Waals surface area contributed by atoms with Crippen LogP contribution < -0.4 is 0 Å². The Morgan fingerprint density at radius 2 is 1.87 bits per heavy atom. The van der Waals surface area contributed by atoms with E-state index in [1.807, 2.05) is 39.0 Å². The molecule has 0 radical (unpaired) electrons. The maximum absolute atomic E-state index is 14.3. The molecular weight excluding hydrogens is 403 g/mol. The molecule has 7 heteroatoms. The Bertz CT molecular complexity index is 1070. The third-order valence-corrected chi connectivity index (χ3v) is 6.89. The van der Waals surface area contributed by atoms with Crippen LogP contribution in [0.3, 0.4) is 0 Å². The van der Waals surface area contributed by atoms with Gasteiger partial charge >= 0.3 is 0 Å². The van der Waals surface area contributed by atoms with Crippen LogP contribution in [0.25, 0.3) is 22.2 Å². The lowest BCUT2D eigenvalue weighted by atomic mass is 9.69. The first-order chi connectivity index (χ1) is 14.8. The summed E-state index contributed by atoms with van der Waals surface area (Å²) in [5, 5.41) is 12.2. The van der Waals surface area contributed by atoms with E-state index in [0.717, 1.165) is 22.3 Å². The zero-order chi connectivity index (χ0) is 22.3. The monoisotopic (exact) mass is 431 g/mol. The Morgan fingerprint density at radius 1 is 1.19 bits per heavy atom. The Morgan fingerprint density at radius 3 is 2.48 bits per heavy atom. The second kappa shape index (κ2) is 8.28. The fourth-order valence-electron chi connectivity index (χ4n) is 5.15. The number of hydrogen-bond acceptors (Lipinski definition) is 3. The predicted molar refractivity (Wildman–Crippen MR) is 116 cm³/mol. The van der Waals surface area contributed by atoms with Crippen LogP contribution >= 0.6 is 0 Å². The van der Waals surface area contributed by atoms with E-state index in [4.69, 9.17) is 0 Å². The molecule has 1 aliphatic heterocycles. The molecule has 1 saturated heterocycles. The molecule has 0 amide bonds. The second-order valence-corrected chi connectivity index (χ2v) is 8.79. The van der Waals surface area contributed by atoms with Gasteiger partial charge in [-0.25, -0.2) is 18.2 Å². The maximum atomic E-state index is 14.3. The van der Waals surface area contributed by atoms with Gasteiger partial charge in [0.15, 0.2) is 5.82 Å².